The van der Waals surface area contributed by atoms with Gasteiger partial charge in [0.25, 0.3) is 0 Å². The zero-order chi connectivity index (χ0) is 30.0. The number of phenols is 6. The lowest BCUT2D eigenvalue weighted by Gasteiger charge is -2.32. The monoisotopic (exact) mass is 570 g/mol. The lowest BCUT2D eigenvalue weighted by atomic mass is 9.73. The van der Waals surface area contributed by atoms with E-state index < -0.39 is 28.7 Å². The Kier molecular flexibility index (Phi) is 6.10. The number of hydrogen-bond acceptors (Lipinski definition) is 6. The maximum Gasteiger partial charge on any atom is 0.201 e. The van der Waals surface area contributed by atoms with Crippen LogP contribution < -0.4 is 0 Å². The fourth-order valence-electron chi connectivity index (χ4n) is 6.69. The van der Waals surface area contributed by atoms with Gasteiger partial charge in [-0.2, -0.15) is 0 Å². The number of fused-ring (bicyclic) bond motifs is 2. The molecule has 1 aliphatic carbocycles. The van der Waals surface area contributed by atoms with Gasteiger partial charge in [0.15, 0.2) is 23.0 Å². The van der Waals surface area contributed by atoms with E-state index in [1.807, 2.05) is 66.7 Å². The number of aromatic hydroxyl groups is 6. The van der Waals surface area contributed by atoms with Crippen molar-refractivity contribution in [2.75, 3.05) is 0 Å². The molecule has 0 spiro atoms. The summed E-state index contributed by atoms with van der Waals surface area (Å²) >= 11 is 0. The molecular weight excluding hydrogens is 540 g/mol. The average molecular weight is 571 g/mol. The third-order valence-electron chi connectivity index (χ3n) is 8.98. The van der Waals surface area contributed by atoms with Crippen molar-refractivity contribution in [2.45, 2.75) is 32.1 Å². The maximum atomic E-state index is 11.8. The van der Waals surface area contributed by atoms with Crippen LogP contribution in [0.1, 0.15) is 36.3 Å². The highest BCUT2D eigenvalue weighted by Crippen LogP contribution is 2.61. The topological polar surface area (TPSA) is 121 Å². The third-order valence-corrected chi connectivity index (χ3v) is 8.98. The van der Waals surface area contributed by atoms with Crippen LogP contribution in [0.2, 0.25) is 0 Å². The Balaban J connectivity index is 1.75. The van der Waals surface area contributed by atoms with E-state index in [1.165, 1.54) is 0 Å². The van der Waals surface area contributed by atoms with Crippen molar-refractivity contribution < 1.29 is 30.6 Å². The van der Waals surface area contributed by atoms with E-state index in [4.69, 9.17) is 0 Å². The van der Waals surface area contributed by atoms with Gasteiger partial charge in [-0.1, -0.05) is 85.3 Å². The Hall–Kier alpha value is -5.36. The number of hydrogen-bond donors (Lipinski definition) is 6. The van der Waals surface area contributed by atoms with Gasteiger partial charge in [-0.3, -0.25) is 0 Å². The summed E-state index contributed by atoms with van der Waals surface area (Å²) in [5, 5.41) is 70.5. The summed E-state index contributed by atoms with van der Waals surface area (Å²) in [4.78, 5) is 0. The molecule has 7 rings (SSSR count). The lowest BCUT2D eigenvalue weighted by molar-refractivity contribution is 0.350. The first kappa shape index (κ1) is 26.5. The maximum absolute atomic E-state index is 11.8. The van der Waals surface area contributed by atoms with Gasteiger partial charge >= 0.3 is 0 Å². The van der Waals surface area contributed by atoms with E-state index in [0.717, 1.165) is 58.0 Å². The zero-order valence-electron chi connectivity index (χ0n) is 23.5. The standard InChI is InChI=1S/C37H30O6/c1-19-26(38)18-27(39)34(40)28(19)32-30(21-12-9-13-21)35(41)37(43)36(42)33(32)31-24-16-7-5-14-22(24)29(20-10-3-2-4-11-20)23-15-6-8-17-25(23)31/h2-8,10-11,14-18,21,38-43H,9,12-13H2,1H3. The van der Waals surface area contributed by atoms with Gasteiger partial charge in [0.1, 0.15) is 5.75 Å². The second kappa shape index (κ2) is 9.88. The largest absolute Gasteiger partial charge is 0.508 e. The fraction of sp³-hybridized carbons (Fsp3) is 0.135. The van der Waals surface area contributed by atoms with Crippen molar-refractivity contribution in [1.29, 1.82) is 0 Å². The van der Waals surface area contributed by atoms with Crippen molar-refractivity contribution in [3.05, 3.63) is 96.1 Å². The summed E-state index contributed by atoms with van der Waals surface area (Å²) in [5.41, 5.74) is 3.79. The minimum atomic E-state index is -0.650. The van der Waals surface area contributed by atoms with E-state index in [1.54, 1.807) is 6.92 Å². The molecule has 6 heteroatoms. The minimum Gasteiger partial charge on any atom is -0.508 e. The van der Waals surface area contributed by atoms with Gasteiger partial charge < -0.3 is 30.6 Å². The van der Waals surface area contributed by atoms with Crippen molar-refractivity contribution in [3.63, 3.8) is 0 Å². The molecular formula is C37H30O6. The number of benzene rings is 6. The average Bonchev–Trinajstić information content (AvgIpc) is 2.99. The predicted molar refractivity (Wildman–Crippen MR) is 169 cm³/mol. The fourth-order valence-corrected chi connectivity index (χ4v) is 6.69. The Morgan fingerprint density at radius 1 is 0.488 bits per heavy atom. The van der Waals surface area contributed by atoms with Crippen LogP contribution in [0, 0.1) is 6.92 Å². The van der Waals surface area contributed by atoms with Crippen LogP contribution in [0.15, 0.2) is 84.9 Å². The van der Waals surface area contributed by atoms with E-state index in [-0.39, 0.29) is 33.9 Å². The summed E-state index contributed by atoms with van der Waals surface area (Å²) in [6.45, 7) is 1.60. The Bertz CT molecular complexity index is 1990. The molecule has 0 heterocycles. The second-order valence-corrected chi connectivity index (χ2v) is 11.3. The van der Waals surface area contributed by atoms with Crippen LogP contribution in [0.3, 0.4) is 0 Å². The second-order valence-electron chi connectivity index (χ2n) is 11.3. The summed E-state index contributed by atoms with van der Waals surface area (Å²) < 4.78 is 0. The minimum absolute atomic E-state index is 0.0836. The SMILES string of the molecule is Cc1c(O)cc(O)c(O)c1-c1c(-c2c3ccccc3c(-c3ccccc3)c3ccccc23)c(O)c(O)c(O)c1C1CCC1. The van der Waals surface area contributed by atoms with Gasteiger partial charge in [0, 0.05) is 39.4 Å². The molecule has 0 radical (unpaired) electrons. The first-order chi connectivity index (χ1) is 20.8. The molecule has 1 saturated carbocycles. The molecule has 0 amide bonds. The molecule has 43 heavy (non-hydrogen) atoms. The molecule has 6 aromatic carbocycles. The number of rotatable bonds is 4. The quantitative estimate of drug-likeness (QED) is 0.0716. The number of phenolic OH excluding ortho intramolecular Hbond substituents is 6. The van der Waals surface area contributed by atoms with Gasteiger partial charge in [-0.15, -0.1) is 0 Å². The summed E-state index contributed by atoms with van der Waals surface area (Å²) in [7, 11) is 0. The molecule has 0 aliphatic heterocycles. The van der Waals surface area contributed by atoms with Gasteiger partial charge in [-0.05, 0) is 58.4 Å². The normalized spacial score (nSPS) is 13.4. The van der Waals surface area contributed by atoms with Crippen LogP contribution in [0.4, 0.5) is 0 Å². The first-order valence-electron chi connectivity index (χ1n) is 14.3. The predicted octanol–water partition coefficient (Wildman–Crippen LogP) is 8.80. The molecule has 0 saturated heterocycles. The molecule has 1 fully saturated rings. The summed E-state index contributed by atoms with van der Waals surface area (Å²) in [5.74, 6) is -3.14. The Labute approximate surface area is 248 Å². The van der Waals surface area contributed by atoms with Gasteiger partial charge in [0.05, 0.1) is 0 Å². The highest BCUT2D eigenvalue weighted by Gasteiger charge is 2.36. The first-order valence-corrected chi connectivity index (χ1v) is 14.3. The smallest absolute Gasteiger partial charge is 0.201 e. The molecule has 0 atom stereocenters. The molecule has 0 unspecified atom stereocenters. The highest BCUT2D eigenvalue weighted by atomic mass is 16.3. The molecule has 0 aromatic heterocycles. The van der Waals surface area contributed by atoms with Crippen LogP contribution in [-0.2, 0) is 0 Å². The van der Waals surface area contributed by atoms with Crippen molar-refractivity contribution >= 4 is 21.5 Å². The van der Waals surface area contributed by atoms with Crippen LogP contribution in [-0.4, -0.2) is 30.6 Å². The van der Waals surface area contributed by atoms with E-state index in [0.29, 0.717) is 11.1 Å². The van der Waals surface area contributed by atoms with Gasteiger partial charge in [-0.25, -0.2) is 0 Å². The van der Waals surface area contributed by atoms with Crippen LogP contribution >= 0.6 is 0 Å². The van der Waals surface area contributed by atoms with Crippen LogP contribution in [0.5, 0.6) is 34.5 Å². The molecule has 6 aromatic rings. The molecule has 214 valence electrons. The third kappa shape index (κ3) is 3.87. The molecule has 0 bridgehead atoms. The van der Waals surface area contributed by atoms with Crippen molar-refractivity contribution in [2.24, 2.45) is 0 Å². The van der Waals surface area contributed by atoms with E-state index in [2.05, 4.69) is 12.1 Å². The Morgan fingerprint density at radius 3 is 1.56 bits per heavy atom. The molecule has 6 nitrogen and oxygen atoms in total. The zero-order valence-corrected chi connectivity index (χ0v) is 23.5. The molecule has 1 aliphatic rings. The van der Waals surface area contributed by atoms with E-state index in [9.17, 15) is 30.6 Å². The summed E-state index contributed by atoms with van der Waals surface area (Å²) in [6, 6.07) is 26.7. The van der Waals surface area contributed by atoms with Gasteiger partial charge in [0.2, 0.25) is 5.75 Å². The highest BCUT2D eigenvalue weighted by molar-refractivity contribution is 6.23. The molecule has 6 N–H and O–H groups in total. The van der Waals surface area contributed by atoms with E-state index >= 15 is 0 Å². The lowest BCUT2D eigenvalue weighted by Crippen LogP contribution is -2.12. The Morgan fingerprint density at radius 2 is 1.02 bits per heavy atom. The van der Waals surface area contributed by atoms with Crippen molar-refractivity contribution in [3.8, 4) is 67.9 Å². The van der Waals surface area contributed by atoms with Crippen LogP contribution in [0.25, 0.3) is 54.9 Å². The summed E-state index contributed by atoms with van der Waals surface area (Å²) in [6.07, 6.45) is 2.36. The van der Waals surface area contributed by atoms with Crippen molar-refractivity contribution in [1.82, 2.24) is 0 Å².